The first-order chi connectivity index (χ1) is 10.7. The van der Waals surface area contributed by atoms with Crippen molar-refractivity contribution in [3.05, 3.63) is 36.1 Å². The highest BCUT2D eigenvalue weighted by Gasteiger charge is 2.28. The Bertz CT molecular complexity index is 575. The van der Waals surface area contributed by atoms with Crippen LogP contribution in [0.5, 0.6) is 0 Å². The molecule has 4 heteroatoms. The van der Waals surface area contributed by atoms with E-state index < -0.39 is 0 Å². The van der Waals surface area contributed by atoms with E-state index in [0.29, 0.717) is 12.1 Å². The van der Waals surface area contributed by atoms with Crippen LogP contribution < -0.4 is 0 Å². The van der Waals surface area contributed by atoms with Crippen LogP contribution in [-0.4, -0.2) is 53.2 Å². The molecule has 0 bridgehead atoms. The third-order valence-corrected chi connectivity index (χ3v) is 4.59. The summed E-state index contributed by atoms with van der Waals surface area (Å²) >= 11 is 0. The molecule has 1 aliphatic heterocycles. The Labute approximate surface area is 132 Å². The van der Waals surface area contributed by atoms with Gasteiger partial charge in [-0.05, 0) is 32.4 Å². The maximum atomic E-state index is 9.33. The molecule has 1 atom stereocenters. The summed E-state index contributed by atoms with van der Waals surface area (Å²) in [6, 6.07) is 11.3. The minimum atomic E-state index is 0.256. The number of aliphatic hydroxyl groups excluding tert-OH is 1. The Morgan fingerprint density at radius 3 is 2.82 bits per heavy atom. The number of fused-ring (bicyclic) bond motifs is 1. The van der Waals surface area contributed by atoms with Crippen molar-refractivity contribution in [2.75, 3.05) is 26.2 Å². The molecular weight excluding hydrogens is 276 g/mol. The first-order valence-corrected chi connectivity index (χ1v) is 8.24. The number of para-hydroxylation sites is 1. The van der Waals surface area contributed by atoms with Crippen molar-refractivity contribution < 1.29 is 9.52 Å². The van der Waals surface area contributed by atoms with Crippen LogP contribution in [0.3, 0.4) is 0 Å². The number of hydrogen-bond acceptors (Lipinski definition) is 4. The molecule has 1 fully saturated rings. The van der Waals surface area contributed by atoms with Crippen LogP contribution in [0.2, 0.25) is 0 Å². The van der Waals surface area contributed by atoms with Crippen molar-refractivity contribution in [3.63, 3.8) is 0 Å². The van der Waals surface area contributed by atoms with E-state index in [1.165, 1.54) is 5.39 Å². The highest BCUT2D eigenvalue weighted by atomic mass is 16.3. The highest BCUT2D eigenvalue weighted by Crippen LogP contribution is 2.22. The van der Waals surface area contributed by atoms with E-state index in [0.717, 1.165) is 43.9 Å². The first kappa shape index (κ1) is 15.5. The first-order valence-electron chi connectivity index (χ1n) is 8.24. The summed E-state index contributed by atoms with van der Waals surface area (Å²) in [7, 11) is 0. The van der Waals surface area contributed by atoms with Gasteiger partial charge in [-0.2, -0.15) is 0 Å². The Morgan fingerprint density at radius 1 is 1.27 bits per heavy atom. The van der Waals surface area contributed by atoms with E-state index >= 15 is 0 Å². The normalized spacial score (nSPS) is 21.0. The second-order valence-electron chi connectivity index (χ2n) is 6.48. The molecule has 1 N–H and O–H groups in total. The lowest BCUT2D eigenvalue weighted by molar-refractivity contribution is 0.0325. The van der Waals surface area contributed by atoms with Gasteiger partial charge in [0.05, 0.1) is 6.54 Å². The predicted octanol–water partition coefficient (Wildman–Crippen LogP) is 2.71. The molecule has 0 saturated carbocycles. The fraction of sp³-hybridized carbons (Fsp3) is 0.556. The van der Waals surface area contributed by atoms with Crippen molar-refractivity contribution in [3.8, 4) is 0 Å². The van der Waals surface area contributed by atoms with Gasteiger partial charge in [0, 0.05) is 43.7 Å². The average Bonchev–Trinajstić information content (AvgIpc) is 2.89. The van der Waals surface area contributed by atoms with Gasteiger partial charge in [-0.15, -0.1) is 0 Å². The fourth-order valence-electron chi connectivity index (χ4n) is 3.50. The van der Waals surface area contributed by atoms with Gasteiger partial charge in [0.15, 0.2) is 0 Å². The average molecular weight is 302 g/mol. The van der Waals surface area contributed by atoms with E-state index in [-0.39, 0.29) is 6.61 Å². The zero-order valence-corrected chi connectivity index (χ0v) is 13.5. The number of benzene rings is 1. The zero-order valence-electron chi connectivity index (χ0n) is 13.5. The molecule has 1 aromatic heterocycles. The summed E-state index contributed by atoms with van der Waals surface area (Å²) in [4.78, 5) is 4.95. The third-order valence-electron chi connectivity index (χ3n) is 4.59. The molecule has 1 aliphatic rings. The van der Waals surface area contributed by atoms with E-state index in [1.54, 1.807) is 0 Å². The Hall–Kier alpha value is -1.36. The Balaban J connectivity index is 1.67. The van der Waals surface area contributed by atoms with Crippen LogP contribution in [0.1, 0.15) is 26.0 Å². The Kier molecular flexibility index (Phi) is 4.81. The van der Waals surface area contributed by atoms with Gasteiger partial charge >= 0.3 is 0 Å². The molecule has 1 saturated heterocycles. The number of aliphatic hydroxyl groups is 1. The van der Waals surface area contributed by atoms with Gasteiger partial charge in [-0.1, -0.05) is 18.2 Å². The lowest BCUT2D eigenvalue weighted by Gasteiger charge is -2.43. The number of furan rings is 1. The van der Waals surface area contributed by atoms with Gasteiger partial charge < -0.3 is 9.52 Å². The van der Waals surface area contributed by atoms with E-state index in [1.807, 2.05) is 18.2 Å². The third kappa shape index (κ3) is 3.35. The molecule has 0 radical (unpaired) electrons. The van der Waals surface area contributed by atoms with Crippen LogP contribution in [-0.2, 0) is 6.54 Å². The number of rotatable bonds is 5. The SMILES string of the molecule is CC(C)N1CCN(Cc2cc3ccccc3o2)C[C@H]1CCO. The number of nitrogens with zero attached hydrogens (tertiary/aromatic N) is 2. The summed E-state index contributed by atoms with van der Waals surface area (Å²) in [5.41, 5.74) is 0.963. The summed E-state index contributed by atoms with van der Waals surface area (Å²) in [6.07, 6.45) is 0.842. The molecule has 22 heavy (non-hydrogen) atoms. The molecule has 0 unspecified atom stereocenters. The molecule has 3 rings (SSSR count). The summed E-state index contributed by atoms with van der Waals surface area (Å²) < 4.78 is 5.94. The maximum Gasteiger partial charge on any atom is 0.134 e. The molecule has 0 amide bonds. The molecule has 1 aromatic carbocycles. The monoisotopic (exact) mass is 302 g/mol. The van der Waals surface area contributed by atoms with Gasteiger partial charge in [0.1, 0.15) is 11.3 Å². The molecule has 0 aliphatic carbocycles. The van der Waals surface area contributed by atoms with E-state index in [4.69, 9.17) is 4.42 Å². The molecule has 2 aromatic rings. The van der Waals surface area contributed by atoms with Gasteiger partial charge in [-0.25, -0.2) is 0 Å². The maximum absolute atomic E-state index is 9.33. The number of hydrogen-bond donors (Lipinski definition) is 1. The smallest absolute Gasteiger partial charge is 0.134 e. The fourth-order valence-corrected chi connectivity index (χ4v) is 3.50. The lowest BCUT2D eigenvalue weighted by atomic mass is 10.1. The van der Waals surface area contributed by atoms with Crippen LogP contribution in [0.15, 0.2) is 34.7 Å². The van der Waals surface area contributed by atoms with Crippen molar-refractivity contribution in [2.24, 2.45) is 0 Å². The summed E-state index contributed by atoms with van der Waals surface area (Å²) in [5.74, 6) is 1.03. The molecular formula is C18H26N2O2. The van der Waals surface area contributed by atoms with E-state index in [2.05, 4.69) is 35.8 Å². The predicted molar refractivity (Wildman–Crippen MR) is 88.8 cm³/mol. The van der Waals surface area contributed by atoms with Crippen molar-refractivity contribution in [1.82, 2.24) is 9.80 Å². The second kappa shape index (κ2) is 6.82. The summed E-state index contributed by atoms with van der Waals surface area (Å²) in [6.45, 7) is 8.68. The van der Waals surface area contributed by atoms with Gasteiger partial charge in [0.25, 0.3) is 0 Å². The summed E-state index contributed by atoms with van der Waals surface area (Å²) in [5, 5.41) is 10.5. The minimum Gasteiger partial charge on any atom is -0.460 e. The van der Waals surface area contributed by atoms with Gasteiger partial charge in [-0.3, -0.25) is 9.80 Å². The van der Waals surface area contributed by atoms with Crippen molar-refractivity contribution in [1.29, 1.82) is 0 Å². The molecule has 0 spiro atoms. The highest BCUT2D eigenvalue weighted by molar-refractivity contribution is 5.77. The van der Waals surface area contributed by atoms with Crippen LogP contribution >= 0.6 is 0 Å². The zero-order chi connectivity index (χ0) is 15.5. The molecule has 4 nitrogen and oxygen atoms in total. The van der Waals surface area contributed by atoms with Crippen LogP contribution in [0.4, 0.5) is 0 Å². The van der Waals surface area contributed by atoms with E-state index in [9.17, 15) is 5.11 Å². The standard InChI is InChI=1S/C18H26N2O2/c1-14(2)20-9-8-19(12-16(20)7-10-21)13-17-11-15-5-3-4-6-18(15)22-17/h3-6,11,14,16,21H,7-10,12-13H2,1-2H3/t16-/m1/s1. The Morgan fingerprint density at radius 2 is 2.09 bits per heavy atom. The topological polar surface area (TPSA) is 39.9 Å². The minimum absolute atomic E-state index is 0.256. The van der Waals surface area contributed by atoms with Gasteiger partial charge in [0.2, 0.25) is 0 Å². The molecule has 120 valence electrons. The van der Waals surface area contributed by atoms with Crippen molar-refractivity contribution >= 4 is 11.0 Å². The lowest BCUT2D eigenvalue weighted by Crippen LogP contribution is -2.55. The van der Waals surface area contributed by atoms with Crippen LogP contribution in [0, 0.1) is 0 Å². The van der Waals surface area contributed by atoms with Crippen LogP contribution in [0.25, 0.3) is 11.0 Å². The quantitative estimate of drug-likeness (QED) is 0.922. The van der Waals surface area contributed by atoms with Crippen molar-refractivity contribution in [2.45, 2.75) is 38.9 Å². The largest absolute Gasteiger partial charge is 0.460 e. The number of piperazine rings is 1. The second-order valence-corrected chi connectivity index (χ2v) is 6.48. The molecule has 2 heterocycles.